The van der Waals surface area contributed by atoms with Crippen molar-refractivity contribution in [3.63, 3.8) is 0 Å². The van der Waals surface area contributed by atoms with Gasteiger partial charge in [-0.3, -0.25) is 0 Å². The monoisotopic (exact) mass is 183 g/mol. The lowest BCUT2D eigenvalue weighted by Gasteiger charge is -2.13. The van der Waals surface area contributed by atoms with Crippen LogP contribution in [0.15, 0.2) is 5.38 Å². The maximum atomic E-state index is 5.16. The molecule has 0 spiro atoms. The minimum Gasteiger partial charge on any atom is -0.366 e. The first-order valence-corrected chi connectivity index (χ1v) is 5.03. The Balaban J connectivity index is 2.23. The first kappa shape index (κ1) is 8.20. The Hall–Kier alpha value is -0.410. The minimum absolute atomic E-state index is 0.178. The lowest BCUT2D eigenvalue weighted by molar-refractivity contribution is 0.411. The molecule has 1 unspecified atom stereocenters. The summed E-state index contributed by atoms with van der Waals surface area (Å²) in [6.45, 7) is 7.41. The second-order valence-corrected chi connectivity index (χ2v) is 5.01. The quantitative estimate of drug-likeness (QED) is 0.625. The van der Waals surface area contributed by atoms with Gasteiger partial charge in [-0.25, -0.2) is 4.98 Å². The zero-order valence-electron chi connectivity index (χ0n) is 7.63. The smallest absolute Gasteiger partial charge is 0.124 e. The van der Waals surface area contributed by atoms with Gasteiger partial charge >= 0.3 is 0 Å². The fourth-order valence-electron chi connectivity index (χ4n) is 0.997. The standard InChI is InChI=1S/C9H13NOS/c1-9(2,3)8-10-6(5-12-8)7-4-11-7/h5,7H,4H2,1-3H3. The fourth-order valence-corrected chi connectivity index (χ4v) is 1.95. The molecule has 0 amide bonds. The van der Waals surface area contributed by atoms with Gasteiger partial charge in [0, 0.05) is 10.8 Å². The van der Waals surface area contributed by atoms with E-state index in [1.807, 2.05) is 0 Å². The maximum Gasteiger partial charge on any atom is 0.124 e. The van der Waals surface area contributed by atoms with Crippen LogP contribution in [0.1, 0.15) is 37.6 Å². The van der Waals surface area contributed by atoms with Crippen LogP contribution in [0.5, 0.6) is 0 Å². The van der Waals surface area contributed by atoms with Crippen LogP contribution in [0.4, 0.5) is 0 Å². The van der Waals surface area contributed by atoms with Gasteiger partial charge in [0.25, 0.3) is 0 Å². The van der Waals surface area contributed by atoms with E-state index in [9.17, 15) is 0 Å². The predicted molar refractivity (Wildman–Crippen MR) is 49.5 cm³/mol. The van der Waals surface area contributed by atoms with Crippen LogP contribution in [0.3, 0.4) is 0 Å². The zero-order chi connectivity index (χ0) is 8.77. The van der Waals surface area contributed by atoms with Gasteiger partial charge in [0.15, 0.2) is 0 Å². The van der Waals surface area contributed by atoms with Crippen molar-refractivity contribution in [1.29, 1.82) is 0 Å². The van der Waals surface area contributed by atoms with E-state index >= 15 is 0 Å². The summed E-state index contributed by atoms with van der Waals surface area (Å²) in [5.41, 5.74) is 1.29. The lowest BCUT2D eigenvalue weighted by Crippen LogP contribution is -2.10. The summed E-state index contributed by atoms with van der Waals surface area (Å²) < 4.78 is 5.16. The Morgan fingerprint density at radius 3 is 2.67 bits per heavy atom. The van der Waals surface area contributed by atoms with Gasteiger partial charge in [-0.05, 0) is 0 Å². The minimum atomic E-state index is 0.178. The van der Waals surface area contributed by atoms with Crippen molar-refractivity contribution in [2.75, 3.05) is 6.61 Å². The molecule has 1 aliphatic heterocycles. The summed E-state index contributed by atoms with van der Waals surface area (Å²) in [5, 5.41) is 3.31. The zero-order valence-corrected chi connectivity index (χ0v) is 8.44. The van der Waals surface area contributed by atoms with Crippen molar-refractivity contribution in [2.45, 2.75) is 32.3 Å². The van der Waals surface area contributed by atoms with Gasteiger partial charge in [-0.1, -0.05) is 20.8 Å². The molecule has 12 heavy (non-hydrogen) atoms. The molecule has 0 N–H and O–H groups in total. The van der Waals surface area contributed by atoms with Gasteiger partial charge in [0.2, 0.25) is 0 Å². The second-order valence-electron chi connectivity index (χ2n) is 4.15. The average Bonchev–Trinajstić information content (AvgIpc) is 2.66. The number of thiazole rings is 1. The maximum absolute atomic E-state index is 5.16. The van der Waals surface area contributed by atoms with E-state index in [0.717, 1.165) is 12.3 Å². The molecule has 0 aliphatic carbocycles. The first-order valence-electron chi connectivity index (χ1n) is 4.15. The van der Waals surface area contributed by atoms with Crippen LogP contribution in [-0.4, -0.2) is 11.6 Å². The van der Waals surface area contributed by atoms with E-state index in [1.165, 1.54) is 5.01 Å². The molecule has 0 bridgehead atoms. The van der Waals surface area contributed by atoms with Crippen molar-refractivity contribution in [3.8, 4) is 0 Å². The molecule has 1 aromatic heterocycles. The van der Waals surface area contributed by atoms with Gasteiger partial charge in [0.05, 0.1) is 17.3 Å². The third-order valence-corrected chi connectivity index (χ3v) is 3.11. The van der Waals surface area contributed by atoms with Crippen molar-refractivity contribution >= 4 is 11.3 Å². The lowest BCUT2D eigenvalue weighted by atomic mass is 9.98. The summed E-state index contributed by atoms with van der Waals surface area (Å²) in [7, 11) is 0. The Morgan fingerprint density at radius 1 is 1.58 bits per heavy atom. The van der Waals surface area contributed by atoms with E-state index in [2.05, 4.69) is 31.1 Å². The highest BCUT2D eigenvalue weighted by Gasteiger charge is 2.29. The molecule has 0 saturated carbocycles. The summed E-state index contributed by atoms with van der Waals surface area (Å²) >= 11 is 1.73. The number of hydrogen-bond acceptors (Lipinski definition) is 3. The average molecular weight is 183 g/mol. The van der Waals surface area contributed by atoms with E-state index in [0.29, 0.717) is 6.10 Å². The molecule has 1 aromatic rings. The first-order chi connectivity index (χ1) is 5.57. The van der Waals surface area contributed by atoms with Gasteiger partial charge in [-0.2, -0.15) is 0 Å². The molecule has 1 atom stereocenters. The molecule has 0 radical (unpaired) electrons. The van der Waals surface area contributed by atoms with Crippen LogP contribution >= 0.6 is 11.3 Å². The number of rotatable bonds is 1. The predicted octanol–water partition coefficient (Wildman–Crippen LogP) is 2.51. The molecular formula is C9H13NOS. The van der Waals surface area contributed by atoms with Gasteiger partial charge in [-0.15, -0.1) is 11.3 Å². The molecule has 3 heteroatoms. The second kappa shape index (κ2) is 2.54. The molecule has 2 nitrogen and oxygen atoms in total. The normalized spacial score (nSPS) is 22.8. The van der Waals surface area contributed by atoms with Gasteiger partial charge in [0.1, 0.15) is 6.10 Å². The molecule has 2 rings (SSSR count). The Kier molecular flexibility index (Phi) is 1.73. The summed E-state index contributed by atoms with van der Waals surface area (Å²) in [6.07, 6.45) is 0.303. The van der Waals surface area contributed by atoms with Crippen molar-refractivity contribution < 1.29 is 4.74 Å². The number of ether oxygens (including phenoxy) is 1. The van der Waals surface area contributed by atoms with Crippen molar-refractivity contribution in [3.05, 3.63) is 16.1 Å². The van der Waals surface area contributed by atoms with Crippen LogP contribution in [-0.2, 0) is 10.2 Å². The van der Waals surface area contributed by atoms with Crippen LogP contribution in [0, 0.1) is 0 Å². The van der Waals surface area contributed by atoms with E-state index in [-0.39, 0.29) is 5.41 Å². The van der Waals surface area contributed by atoms with Crippen molar-refractivity contribution in [2.24, 2.45) is 0 Å². The summed E-state index contributed by atoms with van der Waals surface area (Å²) in [5.74, 6) is 0. The van der Waals surface area contributed by atoms with E-state index < -0.39 is 0 Å². The van der Waals surface area contributed by atoms with E-state index in [1.54, 1.807) is 11.3 Å². The van der Waals surface area contributed by atoms with Crippen LogP contribution in [0.25, 0.3) is 0 Å². The number of aromatic nitrogens is 1. The molecule has 0 aromatic carbocycles. The molecular weight excluding hydrogens is 170 g/mol. The number of nitrogens with zero attached hydrogens (tertiary/aromatic N) is 1. The fraction of sp³-hybridized carbons (Fsp3) is 0.667. The van der Waals surface area contributed by atoms with Crippen LogP contribution in [0.2, 0.25) is 0 Å². The topological polar surface area (TPSA) is 25.4 Å². The molecule has 1 aliphatic rings. The number of epoxide rings is 1. The van der Waals surface area contributed by atoms with Crippen LogP contribution < -0.4 is 0 Å². The van der Waals surface area contributed by atoms with E-state index in [4.69, 9.17) is 4.74 Å². The Labute approximate surface area is 76.6 Å². The molecule has 66 valence electrons. The van der Waals surface area contributed by atoms with Crippen molar-refractivity contribution in [1.82, 2.24) is 4.98 Å². The number of hydrogen-bond donors (Lipinski definition) is 0. The third-order valence-electron chi connectivity index (χ3n) is 1.83. The summed E-state index contributed by atoms with van der Waals surface area (Å²) in [6, 6.07) is 0. The molecule has 1 saturated heterocycles. The Bertz CT molecular complexity index is 283. The SMILES string of the molecule is CC(C)(C)c1nc(C2CO2)cs1. The molecule has 2 heterocycles. The molecule has 1 fully saturated rings. The third kappa shape index (κ3) is 1.52. The van der Waals surface area contributed by atoms with Gasteiger partial charge < -0.3 is 4.74 Å². The summed E-state index contributed by atoms with van der Waals surface area (Å²) in [4.78, 5) is 4.54. The highest BCUT2D eigenvalue weighted by atomic mass is 32.1. The highest BCUT2D eigenvalue weighted by molar-refractivity contribution is 7.09. The largest absolute Gasteiger partial charge is 0.366 e. The Morgan fingerprint density at radius 2 is 2.25 bits per heavy atom. The highest BCUT2D eigenvalue weighted by Crippen LogP contribution is 2.33.